The van der Waals surface area contributed by atoms with E-state index in [0.717, 1.165) is 24.3 Å². The van der Waals surface area contributed by atoms with Crippen molar-refractivity contribution in [3.05, 3.63) is 71.2 Å². The predicted molar refractivity (Wildman–Crippen MR) is 86.0 cm³/mol. The van der Waals surface area contributed by atoms with Gasteiger partial charge in [-0.15, -0.1) is 0 Å². The highest BCUT2D eigenvalue weighted by Gasteiger charge is 2.04. The Morgan fingerprint density at radius 1 is 1.00 bits per heavy atom. The molecular weight excluding hydrogens is 258 g/mol. The third-order valence-electron chi connectivity index (χ3n) is 3.70. The number of nitrogens with one attached hydrogen (secondary N) is 1. The lowest BCUT2D eigenvalue weighted by molar-refractivity contribution is 0.692. The first-order valence-electron chi connectivity index (χ1n) is 7.19. The van der Waals surface area contributed by atoms with Gasteiger partial charge < -0.3 is 5.32 Å². The fourth-order valence-electron chi connectivity index (χ4n) is 2.57. The maximum absolute atomic E-state index is 4.58. The van der Waals surface area contributed by atoms with Gasteiger partial charge in [0.15, 0.2) is 0 Å². The molecule has 0 amide bonds. The van der Waals surface area contributed by atoms with E-state index in [9.17, 15) is 0 Å². The summed E-state index contributed by atoms with van der Waals surface area (Å²) in [6.45, 7) is 5.83. The number of aryl methyl sites for hydroxylation is 2. The first-order valence-corrected chi connectivity index (χ1v) is 7.19. The van der Waals surface area contributed by atoms with Gasteiger partial charge >= 0.3 is 0 Å². The normalized spacial score (nSPS) is 11.0. The highest BCUT2D eigenvalue weighted by molar-refractivity contribution is 5.82. The summed E-state index contributed by atoms with van der Waals surface area (Å²) in [6, 6.07) is 12.5. The summed E-state index contributed by atoms with van der Waals surface area (Å²) < 4.78 is 0. The number of hydrogen-bond acceptors (Lipinski definition) is 3. The molecule has 0 fully saturated rings. The van der Waals surface area contributed by atoms with Crippen molar-refractivity contribution < 1.29 is 0 Å². The number of benzene rings is 1. The van der Waals surface area contributed by atoms with Gasteiger partial charge in [0.25, 0.3) is 0 Å². The number of para-hydroxylation sites is 1. The summed E-state index contributed by atoms with van der Waals surface area (Å²) in [5.74, 6) is 0. The molecule has 1 N–H and O–H groups in total. The van der Waals surface area contributed by atoms with Crippen LogP contribution in [-0.4, -0.2) is 9.97 Å². The van der Waals surface area contributed by atoms with Gasteiger partial charge in [-0.1, -0.05) is 18.2 Å². The summed E-state index contributed by atoms with van der Waals surface area (Å²) in [5, 5.41) is 4.75. The van der Waals surface area contributed by atoms with Crippen LogP contribution in [0.3, 0.4) is 0 Å². The van der Waals surface area contributed by atoms with E-state index in [4.69, 9.17) is 0 Å². The third kappa shape index (κ3) is 3.09. The lowest BCUT2D eigenvalue weighted by Crippen LogP contribution is -2.14. The first-order chi connectivity index (χ1) is 10.2. The second kappa shape index (κ2) is 6.02. The Morgan fingerprint density at radius 3 is 2.67 bits per heavy atom. The summed E-state index contributed by atoms with van der Waals surface area (Å²) in [5.41, 5.74) is 5.94. The topological polar surface area (TPSA) is 37.8 Å². The number of aromatic nitrogens is 2. The SMILES string of the molecule is Cc1cc(CNCc2ccncc2C)c2ccccc2n1. The minimum atomic E-state index is 0.839. The van der Waals surface area contributed by atoms with Crippen molar-refractivity contribution >= 4 is 10.9 Å². The quantitative estimate of drug-likeness (QED) is 0.792. The molecule has 3 heteroatoms. The van der Waals surface area contributed by atoms with E-state index in [0.29, 0.717) is 0 Å². The van der Waals surface area contributed by atoms with Crippen LogP contribution >= 0.6 is 0 Å². The van der Waals surface area contributed by atoms with E-state index in [1.807, 2.05) is 25.4 Å². The van der Waals surface area contributed by atoms with Gasteiger partial charge in [0.05, 0.1) is 5.52 Å². The molecule has 0 unspecified atom stereocenters. The average molecular weight is 277 g/mol. The molecule has 0 atom stereocenters. The van der Waals surface area contributed by atoms with Crippen molar-refractivity contribution in [2.45, 2.75) is 26.9 Å². The van der Waals surface area contributed by atoms with Crippen LogP contribution in [0.15, 0.2) is 48.8 Å². The van der Waals surface area contributed by atoms with Gasteiger partial charge in [-0.3, -0.25) is 9.97 Å². The Morgan fingerprint density at radius 2 is 1.81 bits per heavy atom. The molecule has 0 radical (unpaired) electrons. The fraction of sp³-hybridized carbons (Fsp3) is 0.222. The average Bonchev–Trinajstić information content (AvgIpc) is 2.49. The molecule has 21 heavy (non-hydrogen) atoms. The lowest BCUT2D eigenvalue weighted by atomic mass is 10.1. The van der Waals surface area contributed by atoms with Gasteiger partial charge in [0.2, 0.25) is 0 Å². The number of fused-ring (bicyclic) bond motifs is 1. The molecule has 0 aliphatic carbocycles. The Hall–Kier alpha value is -2.26. The molecule has 1 aromatic carbocycles. The van der Waals surface area contributed by atoms with E-state index in [2.05, 4.69) is 52.5 Å². The summed E-state index contributed by atoms with van der Waals surface area (Å²) >= 11 is 0. The van der Waals surface area contributed by atoms with Gasteiger partial charge in [0.1, 0.15) is 0 Å². The second-order valence-electron chi connectivity index (χ2n) is 5.35. The predicted octanol–water partition coefficient (Wildman–Crippen LogP) is 3.54. The monoisotopic (exact) mass is 277 g/mol. The van der Waals surface area contributed by atoms with Crippen molar-refractivity contribution in [3.8, 4) is 0 Å². The van der Waals surface area contributed by atoms with E-state index in [1.54, 1.807) is 0 Å². The molecule has 0 spiro atoms. The molecule has 3 aromatic rings. The van der Waals surface area contributed by atoms with Crippen LogP contribution in [-0.2, 0) is 13.1 Å². The van der Waals surface area contributed by atoms with Crippen molar-refractivity contribution in [2.75, 3.05) is 0 Å². The molecule has 3 nitrogen and oxygen atoms in total. The fourth-order valence-corrected chi connectivity index (χ4v) is 2.57. The lowest BCUT2D eigenvalue weighted by Gasteiger charge is -2.10. The van der Waals surface area contributed by atoms with E-state index in [-0.39, 0.29) is 0 Å². The van der Waals surface area contributed by atoms with E-state index in [1.165, 1.54) is 22.1 Å². The molecule has 2 heterocycles. The van der Waals surface area contributed by atoms with Gasteiger partial charge in [-0.2, -0.15) is 0 Å². The number of rotatable bonds is 4. The number of hydrogen-bond donors (Lipinski definition) is 1. The molecule has 0 saturated heterocycles. The van der Waals surface area contributed by atoms with Gasteiger partial charge in [-0.05, 0) is 48.7 Å². The minimum absolute atomic E-state index is 0.839. The van der Waals surface area contributed by atoms with Crippen molar-refractivity contribution in [1.29, 1.82) is 0 Å². The Bertz CT molecular complexity index is 765. The van der Waals surface area contributed by atoms with E-state index < -0.39 is 0 Å². The van der Waals surface area contributed by atoms with Crippen LogP contribution in [0.1, 0.15) is 22.4 Å². The van der Waals surface area contributed by atoms with Crippen LogP contribution in [0.25, 0.3) is 10.9 Å². The van der Waals surface area contributed by atoms with E-state index >= 15 is 0 Å². The zero-order chi connectivity index (χ0) is 14.7. The second-order valence-corrected chi connectivity index (χ2v) is 5.35. The molecule has 2 aromatic heterocycles. The molecule has 0 aliphatic heterocycles. The molecule has 0 aliphatic rings. The largest absolute Gasteiger partial charge is 0.309 e. The summed E-state index contributed by atoms with van der Waals surface area (Å²) in [7, 11) is 0. The van der Waals surface area contributed by atoms with Crippen LogP contribution in [0, 0.1) is 13.8 Å². The smallest absolute Gasteiger partial charge is 0.0708 e. The van der Waals surface area contributed by atoms with Crippen molar-refractivity contribution in [3.63, 3.8) is 0 Å². The molecule has 0 bridgehead atoms. The zero-order valence-electron chi connectivity index (χ0n) is 12.4. The molecule has 3 rings (SSSR count). The van der Waals surface area contributed by atoms with Gasteiger partial charge in [0, 0.05) is 36.6 Å². The third-order valence-corrected chi connectivity index (χ3v) is 3.70. The Labute approximate surface area is 125 Å². The number of nitrogens with zero attached hydrogens (tertiary/aromatic N) is 2. The van der Waals surface area contributed by atoms with Gasteiger partial charge in [-0.25, -0.2) is 0 Å². The maximum atomic E-state index is 4.58. The highest BCUT2D eigenvalue weighted by atomic mass is 14.9. The van der Waals surface area contributed by atoms with Crippen LogP contribution in [0.4, 0.5) is 0 Å². The summed E-state index contributed by atoms with van der Waals surface area (Å²) in [6.07, 6.45) is 3.75. The summed E-state index contributed by atoms with van der Waals surface area (Å²) in [4.78, 5) is 8.71. The minimum Gasteiger partial charge on any atom is -0.309 e. The standard InChI is InChI=1S/C18H19N3/c1-13-10-19-8-7-15(13)11-20-12-16-9-14(2)21-18-6-4-3-5-17(16)18/h3-10,20H,11-12H2,1-2H3. The van der Waals surface area contributed by atoms with Crippen molar-refractivity contribution in [2.24, 2.45) is 0 Å². The van der Waals surface area contributed by atoms with Crippen LogP contribution in [0.5, 0.6) is 0 Å². The number of pyridine rings is 2. The van der Waals surface area contributed by atoms with Crippen LogP contribution in [0.2, 0.25) is 0 Å². The zero-order valence-corrected chi connectivity index (χ0v) is 12.4. The molecular formula is C18H19N3. The first kappa shape index (κ1) is 13.7. The molecule has 0 saturated carbocycles. The Balaban J connectivity index is 1.78. The highest BCUT2D eigenvalue weighted by Crippen LogP contribution is 2.18. The van der Waals surface area contributed by atoms with Crippen LogP contribution < -0.4 is 5.32 Å². The van der Waals surface area contributed by atoms with Crippen molar-refractivity contribution in [1.82, 2.24) is 15.3 Å². The Kier molecular flexibility index (Phi) is 3.93. The molecule has 106 valence electrons. The maximum Gasteiger partial charge on any atom is 0.0708 e.